The molecular formula is C10H10BrClN2O. The zero-order valence-electron chi connectivity index (χ0n) is 7.84. The molecule has 1 aliphatic carbocycles. The Balaban J connectivity index is 2.11. The lowest BCUT2D eigenvalue weighted by atomic mass is 10.2. The molecule has 1 amide bonds. The average molecular weight is 290 g/mol. The SMILES string of the molecule is NC1CC1NC(=O)c1ccc(Br)cc1Cl. The number of hydrogen-bond donors (Lipinski definition) is 2. The molecule has 1 aromatic rings. The van der Waals surface area contributed by atoms with E-state index in [2.05, 4.69) is 21.2 Å². The molecule has 1 aliphatic rings. The summed E-state index contributed by atoms with van der Waals surface area (Å²) in [6, 6.07) is 5.38. The van der Waals surface area contributed by atoms with Gasteiger partial charge in [0.05, 0.1) is 10.6 Å². The van der Waals surface area contributed by atoms with Gasteiger partial charge in [0, 0.05) is 16.6 Å². The van der Waals surface area contributed by atoms with E-state index in [-0.39, 0.29) is 18.0 Å². The first-order valence-electron chi connectivity index (χ1n) is 4.59. The van der Waals surface area contributed by atoms with Gasteiger partial charge in [0.15, 0.2) is 0 Å². The Bertz CT molecular complexity index is 410. The fraction of sp³-hybridized carbons (Fsp3) is 0.300. The summed E-state index contributed by atoms with van der Waals surface area (Å²) in [5, 5.41) is 3.26. The van der Waals surface area contributed by atoms with Crippen molar-refractivity contribution in [1.82, 2.24) is 5.32 Å². The summed E-state index contributed by atoms with van der Waals surface area (Å²) >= 11 is 9.22. The van der Waals surface area contributed by atoms with E-state index in [1.54, 1.807) is 18.2 Å². The zero-order valence-corrected chi connectivity index (χ0v) is 10.2. The molecule has 0 bridgehead atoms. The maximum Gasteiger partial charge on any atom is 0.253 e. The van der Waals surface area contributed by atoms with E-state index >= 15 is 0 Å². The van der Waals surface area contributed by atoms with Gasteiger partial charge in [0.1, 0.15) is 0 Å². The third kappa shape index (κ3) is 2.51. The molecule has 3 N–H and O–H groups in total. The van der Waals surface area contributed by atoms with Crippen LogP contribution in [-0.4, -0.2) is 18.0 Å². The van der Waals surface area contributed by atoms with Crippen LogP contribution in [0.25, 0.3) is 0 Å². The van der Waals surface area contributed by atoms with E-state index in [0.29, 0.717) is 10.6 Å². The predicted octanol–water partition coefficient (Wildman–Crippen LogP) is 1.93. The first kappa shape index (κ1) is 10.9. The Hall–Kier alpha value is -0.580. The Labute approximate surface area is 101 Å². The predicted molar refractivity (Wildman–Crippen MR) is 63.0 cm³/mol. The molecule has 0 aromatic heterocycles. The molecule has 0 aliphatic heterocycles. The summed E-state index contributed by atoms with van der Waals surface area (Å²) in [6.45, 7) is 0. The van der Waals surface area contributed by atoms with Crippen LogP contribution in [0.5, 0.6) is 0 Å². The van der Waals surface area contributed by atoms with E-state index < -0.39 is 0 Å². The van der Waals surface area contributed by atoms with Crippen molar-refractivity contribution in [2.75, 3.05) is 0 Å². The minimum atomic E-state index is -0.162. The van der Waals surface area contributed by atoms with Gasteiger partial charge in [-0.3, -0.25) is 4.79 Å². The van der Waals surface area contributed by atoms with Crippen molar-refractivity contribution in [1.29, 1.82) is 0 Å². The first-order chi connectivity index (χ1) is 7.08. The summed E-state index contributed by atoms with van der Waals surface area (Å²) in [7, 11) is 0. The van der Waals surface area contributed by atoms with E-state index in [4.69, 9.17) is 17.3 Å². The minimum absolute atomic E-state index is 0.100. The van der Waals surface area contributed by atoms with Gasteiger partial charge in [-0.05, 0) is 24.6 Å². The lowest BCUT2D eigenvalue weighted by molar-refractivity contribution is 0.0950. The van der Waals surface area contributed by atoms with Crippen molar-refractivity contribution >= 4 is 33.4 Å². The summed E-state index contributed by atoms with van der Waals surface area (Å²) < 4.78 is 0.854. The van der Waals surface area contributed by atoms with Gasteiger partial charge in [0.2, 0.25) is 0 Å². The lowest BCUT2D eigenvalue weighted by Crippen LogP contribution is -2.29. The second-order valence-corrected chi connectivity index (χ2v) is 4.93. The van der Waals surface area contributed by atoms with E-state index in [0.717, 1.165) is 10.9 Å². The summed E-state index contributed by atoms with van der Waals surface area (Å²) in [5.41, 5.74) is 6.08. The molecule has 15 heavy (non-hydrogen) atoms. The fourth-order valence-electron chi connectivity index (χ4n) is 1.30. The van der Waals surface area contributed by atoms with Gasteiger partial charge in [0.25, 0.3) is 5.91 Å². The highest BCUT2D eigenvalue weighted by molar-refractivity contribution is 9.10. The molecule has 1 fully saturated rings. The molecule has 0 heterocycles. The zero-order chi connectivity index (χ0) is 11.0. The van der Waals surface area contributed by atoms with Crippen molar-refractivity contribution in [3.8, 4) is 0 Å². The summed E-state index contributed by atoms with van der Waals surface area (Å²) in [5.74, 6) is -0.162. The van der Waals surface area contributed by atoms with Gasteiger partial charge >= 0.3 is 0 Å². The van der Waals surface area contributed by atoms with E-state index in [9.17, 15) is 4.79 Å². The third-order valence-electron chi connectivity index (χ3n) is 2.33. The molecule has 0 saturated heterocycles. The maximum atomic E-state index is 11.7. The Morgan fingerprint density at radius 1 is 1.60 bits per heavy atom. The number of amides is 1. The molecule has 1 aromatic carbocycles. The van der Waals surface area contributed by atoms with Gasteiger partial charge < -0.3 is 11.1 Å². The molecule has 0 spiro atoms. The molecule has 2 unspecified atom stereocenters. The van der Waals surface area contributed by atoms with Crippen LogP contribution in [0, 0.1) is 0 Å². The Morgan fingerprint density at radius 3 is 2.80 bits per heavy atom. The molecule has 3 nitrogen and oxygen atoms in total. The van der Waals surface area contributed by atoms with Crippen LogP contribution in [0.15, 0.2) is 22.7 Å². The highest BCUT2D eigenvalue weighted by Gasteiger charge is 2.35. The van der Waals surface area contributed by atoms with Gasteiger partial charge in [-0.2, -0.15) is 0 Å². The van der Waals surface area contributed by atoms with Gasteiger partial charge in [-0.1, -0.05) is 27.5 Å². The normalized spacial score (nSPS) is 23.7. The molecular weight excluding hydrogens is 279 g/mol. The number of benzene rings is 1. The van der Waals surface area contributed by atoms with Crippen LogP contribution in [0.1, 0.15) is 16.8 Å². The number of halogens is 2. The fourth-order valence-corrected chi connectivity index (χ4v) is 2.06. The van der Waals surface area contributed by atoms with Crippen LogP contribution in [0.2, 0.25) is 5.02 Å². The number of carbonyl (C=O) groups is 1. The number of nitrogens with two attached hydrogens (primary N) is 1. The van der Waals surface area contributed by atoms with Crippen molar-refractivity contribution in [2.45, 2.75) is 18.5 Å². The second kappa shape index (κ2) is 4.12. The number of hydrogen-bond acceptors (Lipinski definition) is 2. The highest BCUT2D eigenvalue weighted by Crippen LogP contribution is 2.23. The van der Waals surface area contributed by atoms with Crippen LogP contribution in [0.3, 0.4) is 0 Å². The Morgan fingerprint density at radius 2 is 2.27 bits per heavy atom. The minimum Gasteiger partial charge on any atom is -0.348 e. The van der Waals surface area contributed by atoms with E-state index in [1.807, 2.05) is 0 Å². The van der Waals surface area contributed by atoms with Gasteiger partial charge in [-0.25, -0.2) is 0 Å². The highest BCUT2D eigenvalue weighted by atomic mass is 79.9. The molecule has 1 saturated carbocycles. The summed E-state index contributed by atoms with van der Waals surface area (Å²) in [4.78, 5) is 11.7. The van der Waals surface area contributed by atoms with E-state index in [1.165, 1.54) is 0 Å². The van der Waals surface area contributed by atoms with Crippen molar-refractivity contribution in [3.63, 3.8) is 0 Å². The molecule has 2 rings (SSSR count). The smallest absolute Gasteiger partial charge is 0.253 e. The lowest BCUT2D eigenvalue weighted by Gasteiger charge is -2.05. The molecule has 80 valence electrons. The Kier molecular flexibility index (Phi) is 3.00. The van der Waals surface area contributed by atoms with Crippen molar-refractivity contribution < 1.29 is 4.79 Å². The van der Waals surface area contributed by atoms with Crippen LogP contribution < -0.4 is 11.1 Å². The van der Waals surface area contributed by atoms with Crippen molar-refractivity contribution in [2.24, 2.45) is 5.73 Å². The molecule has 5 heteroatoms. The molecule has 2 atom stereocenters. The average Bonchev–Trinajstić information content (AvgIpc) is 2.81. The van der Waals surface area contributed by atoms with Crippen LogP contribution >= 0.6 is 27.5 Å². The summed E-state index contributed by atoms with van der Waals surface area (Å²) in [6.07, 6.45) is 0.847. The van der Waals surface area contributed by atoms with Crippen molar-refractivity contribution in [3.05, 3.63) is 33.3 Å². The van der Waals surface area contributed by atoms with Crippen LogP contribution in [-0.2, 0) is 0 Å². The quantitative estimate of drug-likeness (QED) is 0.874. The monoisotopic (exact) mass is 288 g/mol. The third-order valence-corrected chi connectivity index (χ3v) is 3.14. The second-order valence-electron chi connectivity index (χ2n) is 3.60. The van der Waals surface area contributed by atoms with Crippen LogP contribution in [0.4, 0.5) is 0 Å². The topological polar surface area (TPSA) is 55.1 Å². The first-order valence-corrected chi connectivity index (χ1v) is 5.76. The maximum absolute atomic E-state index is 11.7. The number of nitrogens with one attached hydrogen (secondary N) is 1. The molecule has 0 radical (unpaired) electrons. The standard InChI is InChI=1S/C10H10BrClN2O/c11-5-1-2-6(7(12)3-5)10(15)14-9-4-8(9)13/h1-3,8-9H,4,13H2,(H,14,15). The van der Waals surface area contributed by atoms with Gasteiger partial charge in [-0.15, -0.1) is 0 Å². The largest absolute Gasteiger partial charge is 0.348 e. The number of carbonyl (C=O) groups excluding carboxylic acids is 1. The number of rotatable bonds is 2.